The van der Waals surface area contributed by atoms with Gasteiger partial charge in [0.05, 0.1) is 6.61 Å². The maximum Gasteiger partial charge on any atom is 0.225 e. The van der Waals surface area contributed by atoms with E-state index in [-0.39, 0.29) is 0 Å². The molecule has 0 unspecified atom stereocenters. The Kier molecular flexibility index (Phi) is 3.32. The van der Waals surface area contributed by atoms with Crippen LogP contribution in [0.2, 0.25) is 0 Å². The van der Waals surface area contributed by atoms with Crippen molar-refractivity contribution in [2.75, 3.05) is 12.3 Å². The van der Waals surface area contributed by atoms with Crippen LogP contribution >= 0.6 is 0 Å². The van der Waals surface area contributed by atoms with Gasteiger partial charge in [-0.15, -0.1) is 0 Å². The van der Waals surface area contributed by atoms with Crippen molar-refractivity contribution < 1.29 is 9.26 Å². The molecule has 0 saturated carbocycles. The lowest BCUT2D eigenvalue weighted by molar-refractivity contribution is 0.341. The first kappa shape index (κ1) is 11.5. The number of rotatable bonds is 4. The Morgan fingerprint density at radius 2 is 2.06 bits per heavy atom. The number of nitrogens with zero attached hydrogens (tertiary/aromatic N) is 1. The van der Waals surface area contributed by atoms with Gasteiger partial charge < -0.3 is 15.0 Å². The van der Waals surface area contributed by atoms with Gasteiger partial charge in [0.2, 0.25) is 5.88 Å². The summed E-state index contributed by atoms with van der Waals surface area (Å²) in [6.45, 7) is 4.59. The van der Waals surface area contributed by atoms with Crippen LogP contribution in [0.4, 0.5) is 5.88 Å². The van der Waals surface area contributed by atoms with Crippen LogP contribution in [0.25, 0.3) is 11.3 Å². The minimum Gasteiger partial charge on any atom is -0.493 e. The second-order valence-corrected chi connectivity index (χ2v) is 3.66. The van der Waals surface area contributed by atoms with Crippen LogP contribution < -0.4 is 10.5 Å². The van der Waals surface area contributed by atoms with Gasteiger partial charge in [-0.2, -0.15) is 0 Å². The summed E-state index contributed by atoms with van der Waals surface area (Å²) >= 11 is 0. The molecule has 2 rings (SSSR count). The number of aromatic nitrogens is 1. The fourth-order valence-corrected chi connectivity index (χ4v) is 1.82. The molecule has 0 aliphatic carbocycles. The Balaban J connectivity index is 2.52. The minimum absolute atomic E-state index is 0.383. The molecule has 2 N–H and O–H groups in total. The molecule has 1 aromatic heterocycles. The first-order valence-corrected chi connectivity index (χ1v) is 5.74. The van der Waals surface area contributed by atoms with E-state index in [2.05, 4.69) is 5.16 Å². The number of nitrogens with two attached hydrogens (primary N) is 1. The summed E-state index contributed by atoms with van der Waals surface area (Å²) in [7, 11) is 0. The molecule has 0 radical (unpaired) electrons. The van der Waals surface area contributed by atoms with Crippen LogP contribution in [0.3, 0.4) is 0 Å². The zero-order valence-electron chi connectivity index (χ0n) is 10.1. The first-order chi connectivity index (χ1) is 8.27. The largest absolute Gasteiger partial charge is 0.493 e. The topological polar surface area (TPSA) is 61.3 Å². The van der Waals surface area contributed by atoms with Crippen molar-refractivity contribution in [1.82, 2.24) is 5.16 Å². The quantitative estimate of drug-likeness (QED) is 0.880. The van der Waals surface area contributed by atoms with Gasteiger partial charge in [0.25, 0.3) is 0 Å². The van der Waals surface area contributed by atoms with E-state index in [0.717, 1.165) is 29.0 Å². The van der Waals surface area contributed by atoms with Gasteiger partial charge in [0.15, 0.2) is 0 Å². The number of hydrogen-bond acceptors (Lipinski definition) is 4. The Hall–Kier alpha value is -1.97. The monoisotopic (exact) mass is 232 g/mol. The van der Waals surface area contributed by atoms with E-state index in [0.29, 0.717) is 12.5 Å². The molecule has 0 amide bonds. The summed E-state index contributed by atoms with van der Waals surface area (Å²) in [5.74, 6) is 1.19. The van der Waals surface area contributed by atoms with Crippen LogP contribution in [-0.2, 0) is 6.42 Å². The van der Waals surface area contributed by atoms with Gasteiger partial charge in [-0.3, -0.25) is 0 Å². The number of anilines is 1. The molecule has 0 fully saturated rings. The maximum absolute atomic E-state index is 5.74. The third kappa shape index (κ3) is 2.11. The molecule has 0 spiro atoms. The molecule has 0 saturated heterocycles. The summed E-state index contributed by atoms with van der Waals surface area (Å²) < 4.78 is 10.6. The van der Waals surface area contributed by atoms with Crippen molar-refractivity contribution >= 4 is 5.88 Å². The normalized spacial score (nSPS) is 10.5. The second kappa shape index (κ2) is 4.91. The van der Waals surface area contributed by atoms with Crippen LogP contribution in [0.15, 0.2) is 28.8 Å². The maximum atomic E-state index is 5.74. The highest BCUT2D eigenvalue weighted by molar-refractivity contribution is 5.72. The average Bonchev–Trinajstić information content (AvgIpc) is 2.71. The number of hydrogen-bond donors (Lipinski definition) is 1. The standard InChI is InChI=1S/C13H16N2O2/c1-3-9-12(15-17-13(9)14)10-7-5-6-8-11(10)16-4-2/h5-8H,3-4,14H2,1-2H3. The molecule has 0 aliphatic rings. The van der Waals surface area contributed by atoms with E-state index in [1.807, 2.05) is 38.1 Å². The van der Waals surface area contributed by atoms with Crippen molar-refractivity contribution in [1.29, 1.82) is 0 Å². The predicted octanol–water partition coefficient (Wildman–Crippen LogP) is 2.88. The van der Waals surface area contributed by atoms with E-state index in [9.17, 15) is 0 Å². The zero-order chi connectivity index (χ0) is 12.3. The van der Waals surface area contributed by atoms with Crippen LogP contribution in [-0.4, -0.2) is 11.8 Å². The molecule has 90 valence electrons. The van der Waals surface area contributed by atoms with Crippen LogP contribution in [0.5, 0.6) is 5.75 Å². The minimum atomic E-state index is 0.383. The molecule has 1 heterocycles. The smallest absolute Gasteiger partial charge is 0.225 e. The SMILES string of the molecule is CCOc1ccccc1-c1noc(N)c1CC. The van der Waals surface area contributed by atoms with Gasteiger partial charge >= 0.3 is 0 Å². The molecule has 1 aromatic carbocycles. The summed E-state index contributed by atoms with van der Waals surface area (Å²) in [5, 5.41) is 4.02. The lowest BCUT2D eigenvalue weighted by Crippen LogP contribution is -1.96. The first-order valence-electron chi connectivity index (χ1n) is 5.74. The van der Waals surface area contributed by atoms with E-state index in [1.54, 1.807) is 0 Å². The molecule has 0 atom stereocenters. The molecule has 4 nitrogen and oxygen atoms in total. The third-order valence-electron chi connectivity index (χ3n) is 2.61. The van der Waals surface area contributed by atoms with Gasteiger partial charge in [-0.1, -0.05) is 24.2 Å². The summed E-state index contributed by atoms with van der Waals surface area (Å²) in [5.41, 5.74) is 8.37. The summed E-state index contributed by atoms with van der Waals surface area (Å²) in [4.78, 5) is 0. The number of nitrogen functional groups attached to an aromatic ring is 1. The summed E-state index contributed by atoms with van der Waals surface area (Å²) in [6, 6.07) is 7.76. The lowest BCUT2D eigenvalue weighted by Gasteiger charge is -2.08. The number of benzene rings is 1. The fraction of sp³-hybridized carbons (Fsp3) is 0.308. The Morgan fingerprint density at radius 3 is 2.76 bits per heavy atom. The fourth-order valence-electron chi connectivity index (χ4n) is 1.82. The van der Waals surface area contributed by atoms with E-state index < -0.39 is 0 Å². The zero-order valence-corrected chi connectivity index (χ0v) is 10.1. The van der Waals surface area contributed by atoms with Gasteiger partial charge in [-0.25, -0.2) is 0 Å². The lowest BCUT2D eigenvalue weighted by atomic mass is 10.1. The van der Waals surface area contributed by atoms with E-state index in [4.69, 9.17) is 15.0 Å². The van der Waals surface area contributed by atoms with Crippen molar-refractivity contribution in [2.45, 2.75) is 20.3 Å². The molecule has 0 bridgehead atoms. The van der Waals surface area contributed by atoms with Crippen LogP contribution in [0, 0.1) is 0 Å². The van der Waals surface area contributed by atoms with E-state index in [1.165, 1.54) is 0 Å². The van der Waals surface area contributed by atoms with Gasteiger partial charge in [-0.05, 0) is 25.5 Å². The molecular formula is C13H16N2O2. The molecular weight excluding hydrogens is 216 g/mol. The molecule has 4 heteroatoms. The van der Waals surface area contributed by atoms with Gasteiger partial charge in [0, 0.05) is 11.1 Å². The highest BCUT2D eigenvalue weighted by Gasteiger charge is 2.16. The van der Waals surface area contributed by atoms with Crippen LogP contribution in [0.1, 0.15) is 19.4 Å². The van der Waals surface area contributed by atoms with Crippen molar-refractivity contribution in [2.24, 2.45) is 0 Å². The van der Waals surface area contributed by atoms with Gasteiger partial charge in [0.1, 0.15) is 11.4 Å². The number of ether oxygens (including phenoxy) is 1. The highest BCUT2D eigenvalue weighted by Crippen LogP contribution is 2.33. The Bertz CT molecular complexity index is 506. The Morgan fingerprint density at radius 1 is 1.29 bits per heavy atom. The molecule has 2 aromatic rings. The third-order valence-corrected chi connectivity index (χ3v) is 2.61. The Labute approximate surface area is 100 Å². The van der Waals surface area contributed by atoms with E-state index >= 15 is 0 Å². The number of para-hydroxylation sites is 1. The van der Waals surface area contributed by atoms with Crippen molar-refractivity contribution in [3.05, 3.63) is 29.8 Å². The second-order valence-electron chi connectivity index (χ2n) is 3.66. The average molecular weight is 232 g/mol. The van der Waals surface area contributed by atoms with Crippen molar-refractivity contribution in [3.8, 4) is 17.0 Å². The molecule has 17 heavy (non-hydrogen) atoms. The van der Waals surface area contributed by atoms with Crippen molar-refractivity contribution in [3.63, 3.8) is 0 Å². The molecule has 0 aliphatic heterocycles. The highest BCUT2D eigenvalue weighted by atomic mass is 16.5. The predicted molar refractivity (Wildman–Crippen MR) is 66.9 cm³/mol. The summed E-state index contributed by atoms with van der Waals surface area (Å²) in [6.07, 6.45) is 0.783.